The highest BCUT2D eigenvalue weighted by atomic mass is 35.5. The monoisotopic (exact) mass is 670 g/mol. The number of esters is 1. The molecule has 0 aromatic rings. The van der Waals surface area contributed by atoms with Gasteiger partial charge in [0.2, 0.25) is 17.6 Å². The van der Waals surface area contributed by atoms with E-state index in [9.17, 15) is 28.8 Å². The first kappa shape index (κ1) is 35.5. The van der Waals surface area contributed by atoms with Crippen molar-refractivity contribution in [2.45, 2.75) is 121 Å². The maximum atomic E-state index is 14.4. The minimum atomic E-state index is -1.20. The Bertz CT molecular complexity index is 1180. The van der Waals surface area contributed by atoms with E-state index in [1.165, 1.54) is 18.7 Å². The summed E-state index contributed by atoms with van der Waals surface area (Å²) in [4.78, 5) is 79.4. The number of hydrogen-bond donors (Lipinski definition) is 3. The van der Waals surface area contributed by atoms with Crippen LogP contribution in [0.15, 0.2) is 0 Å². The van der Waals surface area contributed by atoms with Crippen molar-refractivity contribution in [3.63, 3.8) is 0 Å². The summed E-state index contributed by atoms with van der Waals surface area (Å²) in [7, 11) is 0. The average molecular weight is 672 g/mol. The number of likely N-dealkylation sites (tertiary alicyclic amines) is 1. The number of piperidine rings is 1. The number of hydrogen-bond acceptors (Lipinski definition) is 7. The standard InChI is InChI=1S/C32H48Cl2N4O7/c1-17(39)27(41)22(14-19-10-9-11-19)35-28(42)26-24-21(32(24,33)34)15-38(26)29(43)25(20-12-7-6-8-13-20)37-30(44)36-23(31(3,4)5)16-45-18(2)40/h19-26H,6-16H2,1-5H3,(H,35,42)(H2,36,37,44)/t21-,22?,23?,24-,25-,26-/m0/s1. The molecule has 0 aromatic carbocycles. The van der Waals surface area contributed by atoms with Gasteiger partial charge in [-0.2, -0.15) is 0 Å². The largest absolute Gasteiger partial charge is 0.464 e. The number of urea groups is 1. The first-order valence-corrected chi connectivity index (χ1v) is 17.0. The SMILES string of the molecule is CC(=O)OCC(NC(=O)N[C@H](C(=O)N1C[C@H]2[C@@H]([C@H]1C(=O)NC(CC1CCC1)C(=O)C(C)=O)C2(Cl)Cl)C1CCCCC1)C(C)(C)C. The lowest BCUT2D eigenvalue weighted by Gasteiger charge is -2.37. The third kappa shape index (κ3) is 8.31. The van der Waals surface area contributed by atoms with Crippen LogP contribution in [-0.4, -0.2) is 81.9 Å². The summed E-state index contributed by atoms with van der Waals surface area (Å²) in [6.07, 6.45) is 7.57. The number of carbonyl (C=O) groups is 6. The highest BCUT2D eigenvalue weighted by Gasteiger charge is 2.74. The molecule has 1 aliphatic heterocycles. The van der Waals surface area contributed by atoms with Crippen molar-refractivity contribution in [3.05, 3.63) is 0 Å². The van der Waals surface area contributed by atoms with E-state index in [1.54, 1.807) is 0 Å². The summed E-state index contributed by atoms with van der Waals surface area (Å²) in [6, 6.07) is -4.06. The van der Waals surface area contributed by atoms with Gasteiger partial charge in [-0.25, -0.2) is 4.79 Å². The maximum absolute atomic E-state index is 14.4. The van der Waals surface area contributed by atoms with Crippen LogP contribution in [0, 0.1) is 29.1 Å². The molecule has 6 atom stereocenters. The van der Waals surface area contributed by atoms with Crippen molar-refractivity contribution < 1.29 is 33.5 Å². The quantitative estimate of drug-likeness (QED) is 0.163. The molecule has 13 heteroatoms. The molecule has 4 aliphatic rings. The minimum Gasteiger partial charge on any atom is -0.464 e. The molecule has 2 unspecified atom stereocenters. The van der Waals surface area contributed by atoms with Gasteiger partial charge in [0.15, 0.2) is 5.78 Å². The van der Waals surface area contributed by atoms with Gasteiger partial charge >= 0.3 is 12.0 Å². The second-order valence-electron chi connectivity index (χ2n) is 14.5. The Morgan fingerprint density at radius 3 is 2.09 bits per heavy atom. The zero-order valence-electron chi connectivity index (χ0n) is 27.0. The average Bonchev–Trinajstić information content (AvgIpc) is 3.26. The summed E-state index contributed by atoms with van der Waals surface area (Å²) in [5.74, 6) is -3.54. The van der Waals surface area contributed by atoms with Crippen LogP contribution >= 0.6 is 23.2 Å². The number of ketones is 2. The number of amides is 4. The van der Waals surface area contributed by atoms with E-state index in [0.29, 0.717) is 6.42 Å². The van der Waals surface area contributed by atoms with Crippen molar-refractivity contribution in [2.75, 3.05) is 13.2 Å². The Morgan fingerprint density at radius 1 is 0.911 bits per heavy atom. The number of halogens is 2. The van der Waals surface area contributed by atoms with Crippen molar-refractivity contribution in [2.24, 2.45) is 29.1 Å². The first-order valence-electron chi connectivity index (χ1n) is 16.3. The number of carbonyl (C=O) groups excluding carboxylic acids is 6. The Hall–Kier alpha value is -2.40. The second kappa shape index (κ2) is 14.2. The van der Waals surface area contributed by atoms with Crippen molar-refractivity contribution >= 4 is 58.6 Å². The van der Waals surface area contributed by atoms with Gasteiger partial charge < -0.3 is 25.6 Å². The van der Waals surface area contributed by atoms with Gasteiger partial charge in [0.25, 0.3) is 0 Å². The van der Waals surface area contributed by atoms with Crippen molar-refractivity contribution in [1.82, 2.24) is 20.9 Å². The Labute approximate surface area is 275 Å². The summed E-state index contributed by atoms with van der Waals surface area (Å²) in [6.45, 7) is 8.31. The molecule has 252 valence electrons. The Kier molecular flexibility index (Phi) is 11.2. The summed E-state index contributed by atoms with van der Waals surface area (Å²) >= 11 is 13.1. The van der Waals surface area contributed by atoms with E-state index in [4.69, 9.17) is 27.9 Å². The van der Waals surface area contributed by atoms with Crippen molar-refractivity contribution in [1.29, 1.82) is 0 Å². The normalized spacial score (nSPS) is 26.4. The lowest BCUT2D eigenvalue weighted by Crippen LogP contribution is -2.61. The molecule has 4 fully saturated rings. The smallest absolute Gasteiger partial charge is 0.315 e. The third-order valence-corrected chi connectivity index (χ3v) is 11.2. The molecule has 1 heterocycles. The van der Waals surface area contributed by atoms with Gasteiger partial charge in [0, 0.05) is 32.2 Å². The van der Waals surface area contributed by atoms with Gasteiger partial charge in [0.1, 0.15) is 23.0 Å². The van der Waals surface area contributed by atoms with E-state index < -0.39 is 75.2 Å². The van der Waals surface area contributed by atoms with Gasteiger partial charge in [-0.15, -0.1) is 23.2 Å². The van der Waals surface area contributed by atoms with Gasteiger partial charge in [-0.1, -0.05) is 59.3 Å². The fourth-order valence-corrected chi connectivity index (χ4v) is 7.83. The molecule has 45 heavy (non-hydrogen) atoms. The van der Waals surface area contributed by atoms with Crippen molar-refractivity contribution in [3.8, 4) is 0 Å². The Morgan fingerprint density at radius 2 is 1.56 bits per heavy atom. The minimum absolute atomic E-state index is 0.0272. The highest BCUT2D eigenvalue weighted by molar-refractivity contribution is 6.51. The number of nitrogens with one attached hydrogen (secondary N) is 3. The molecule has 4 rings (SSSR count). The second-order valence-corrected chi connectivity index (χ2v) is 15.9. The van der Waals surface area contributed by atoms with Crippen LogP contribution in [0.5, 0.6) is 0 Å². The predicted octanol–water partition coefficient (Wildman–Crippen LogP) is 3.68. The van der Waals surface area contributed by atoms with Gasteiger partial charge in [0.05, 0.1) is 12.1 Å². The van der Waals surface area contributed by atoms with Crippen LogP contribution in [0.3, 0.4) is 0 Å². The summed E-state index contributed by atoms with van der Waals surface area (Å²) in [5.41, 5.74) is -0.450. The molecular weight excluding hydrogens is 623 g/mol. The first-order chi connectivity index (χ1) is 21.0. The van der Waals surface area contributed by atoms with Crippen LogP contribution in [0.1, 0.15) is 92.4 Å². The summed E-state index contributed by atoms with van der Waals surface area (Å²) < 4.78 is 3.99. The molecular formula is C32H48Cl2N4O7. The fraction of sp³-hybridized carbons (Fsp3) is 0.812. The number of rotatable bonds is 12. The lowest BCUT2D eigenvalue weighted by molar-refractivity contribution is -0.144. The molecule has 0 radical (unpaired) electrons. The van der Waals surface area contributed by atoms with E-state index in [1.807, 2.05) is 20.8 Å². The van der Waals surface area contributed by atoms with Crippen LogP contribution in [0.4, 0.5) is 4.79 Å². The van der Waals surface area contributed by atoms with Crippen LogP contribution in [0.2, 0.25) is 0 Å². The van der Waals surface area contributed by atoms with Crippen LogP contribution < -0.4 is 16.0 Å². The molecule has 0 aromatic heterocycles. The lowest BCUT2D eigenvalue weighted by atomic mass is 9.80. The van der Waals surface area contributed by atoms with E-state index in [2.05, 4.69) is 16.0 Å². The zero-order valence-corrected chi connectivity index (χ0v) is 28.5. The van der Waals surface area contributed by atoms with E-state index >= 15 is 0 Å². The van der Waals surface area contributed by atoms with Gasteiger partial charge in [-0.3, -0.25) is 24.0 Å². The molecule has 0 bridgehead atoms. The van der Waals surface area contributed by atoms with E-state index in [-0.39, 0.29) is 30.9 Å². The maximum Gasteiger partial charge on any atom is 0.315 e. The zero-order chi connectivity index (χ0) is 33.3. The number of fused-ring (bicyclic) bond motifs is 1. The van der Waals surface area contributed by atoms with Gasteiger partial charge in [-0.05, 0) is 36.5 Å². The molecule has 3 N–H and O–H groups in total. The van der Waals surface area contributed by atoms with Crippen LogP contribution in [0.25, 0.3) is 0 Å². The number of alkyl halides is 2. The molecule has 3 saturated carbocycles. The van der Waals surface area contributed by atoms with Crippen LogP contribution in [-0.2, 0) is 28.7 Å². The Balaban J connectivity index is 1.55. The molecule has 1 saturated heterocycles. The molecule has 11 nitrogen and oxygen atoms in total. The molecule has 4 amide bonds. The number of Topliss-reactive ketones (excluding diaryl/α,β-unsaturated/α-hetero) is 2. The number of ether oxygens (including phenoxy) is 1. The predicted molar refractivity (Wildman–Crippen MR) is 168 cm³/mol. The summed E-state index contributed by atoms with van der Waals surface area (Å²) in [5, 5.41) is 8.56. The number of nitrogens with zero attached hydrogens (tertiary/aromatic N) is 1. The topological polar surface area (TPSA) is 151 Å². The molecule has 3 aliphatic carbocycles. The van der Waals surface area contributed by atoms with E-state index in [0.717, 1.165) is 51.4 Å². The highest BCUT2D eigenvalue weighted by Crippen LogP contribution is 2.65. The fourth-order valence-electron chi connectivity index (χ4n) is 7.01. The molecule has 0 spiro atoms. The third-order valence-electron chi connectivity index (χ3n) is 10.1.